The summed E-state index contributed by atoms with van der Waals surface area (Å²) in [6.07, 6.45) is 5.59. The van der Waals surface area contributed by atoms with Crippen molar-refractivity contribution >= 4 is 28.1 Å². The van der Waals surface area contributed by atoms with E-state index in [1.165, 1.54) is 0 Å². The molecule has 0 saturated carbocycles. The average Bonchev–Trinajstić information content (AvgIpc) is 3.22. The predicted molar refractivity (Wildman–Crippen MR) is 120 cm³/mol. The Morgan fingerprint density at radius 2 is 1.90 bits per heavy atom. The van der Waals surface area contributed by atoms with Gasteiger partial charge in [0.25, 0.3) is 5.91 Å². The van der Waals surface area contributed by atoms with Gasteiger partial charge in [-0.1, -0.05) is 24.3 Å². The number of para-hydroxylation sites is 1. The van der Waals surface area contributed by atoms with Gasteiger partial charge in [-0.2, -0.15) is 0 Å². The monoisotopic (exact) mass is 408 g/mol. The van der Waals surface area contributed by atoms with E-state index in [0.717, 1.165) is 27.8 Å². The Morgan fingerprint density at radius 3 is 2.74 bits per heavy atom. The SMILES string of the molecule is Cc1cccn2cc(COc3ccc(C(=O)Nc4cnc5ccccc5c4)cc3)nc12. The number of amides is 1. The van der Waals surface area contributed by atoms with E-state index < -0.39 is 0 Å². The Kier molecular flexibility index (Phi) is 4.80. The van der Waals surface area contributed by atoms with Crippen LogP contribution in [0.1, 0.15) is 21.6 Å². The molecule has 0 bridgehead atoms. The molecule has 0 radical (unpaired) electrons. The zero-order valence-electron chi connectivity index (χ0n) is 16.9. The van der Waals surface area contributed by atoms with Gasteiger partial charge in [-0.3, -0.25) is 9.78 Å². The van der Waals surface area contributed by atoms with Gasteiger partial charge in [0.2, 0.25) is 0 Å². The Hall–Kier alpha value is -4.19. The third-order valence-corrected chi connectivity index (χ3v) is 5.08. The number of nitrogens with zero attached hydrogens (tertiary/aromatic N) is 3. The Labute approximate surface area is 179 Å². The number of fused-ring (bicyclic) bond motifs is 2. The van der Waals surface area contributed by atoms with E-state index in [9.17, 15) is 4.79 Å². The van der Waals surface area contributed by atoms with Gasteiger partial charge < -0.3 is 14.5 Å². The first kappa shape index (κ1) is 18.8. The van der Waals surface area contributed by atoms with Crippen molar-refractivity contribution in [3.8, 4) is 5.75 Å². The van der Waals surface area contributed by atoms with Gasteiger partial charge >= 0.3 is 0 Å². The van der Waals surface area contributed by atoms with Crippen molar-refractivity contribution in [2.24, 2.45) is 0 Å². The molecular formula is C25H20N4O2. The van der Waals surface area contributed by atoms with E-state index >= 15 is 0 Å². The number of hydrogen-bond donors (Lipinski definition) is 1. The zero-order valence-corrected chi connectivity index (χ0v) is 16.9. The van der Waals surface area contributed by atoms with Gasteiger partial charge in [-0.05, 0) is 55.0 Å². The summed E-state index contributed by atoms with van der Waals surface area (Å²) in [7, 11) is 0. The molecule has 0 unspecified atom stereocenters. The smallest absolute Gasteiger partial charge is 0.255 e. The molecule has 3 heterocycles. The number of rotatable bonds is 5. The third-order valence-electron chi connectivity index (χ3n) is 5.08. The third kappa shape index (κ3) is 3.96. The zero-order chi connectivity index (χ0) is 21.2. The van der Waals surface area contributed by atoms with E-state index in [-0.39, 0.29) is 5.91 Å². The minimum Gasteiger partial charge on any atom is -0.487 e. The number of nitrogens with one attached hydrogen (secondary N) is 1. The van der Waals surface area contributed by atoms with Crippen molar-refractivity contribution < 1.29 is 9.53 Å². The molecule has 6 heteroatoms. The van der Waals surface area contributed by atoms with Crippen molar-refractivity contribution in [1.82, 2.24) is 14.4 Å². The summed E-state index contributed by atoms with van der Waals surface area (Å²) in [6, 6.07) is 20.8. The molecule has 5 rings (SSSR count). The number of carbonyl (C=O) groups excluding carboxylic acids is 1. The van der Waals surface area contributed by atoms with Crippen LogP contribution in [-0.4, -0.2) is 20.3 Å². The van der Waals surface area contributed by atoms with Gasteiger partial charge in [-0.25, -0.2) is 4.98 Å². The topological polar surface area (TPSA) is 68.5 Å². The molecule has 0 spiro atoms. The second kappa shape index (κ2) is 7.91. The maximum absolute atomic E-state index is 12.6. The summed E-state index contributed by atoms with van der Waals surface area (Å²) in [6.45, 7) is 2.39. The highest BCUT2D eigenvalue weighted by Gasteiger charge is 2.08. The number of aryl methyl sites for hydroxylation is 1. The second-order valence-corrected chi connectivity index (χ2v) is 7.34. The molecule has 1 amide bonds. The highest BCUT2D eigenvalue weighted by molar-refractivity contribution is 6.04. The maximum atomic E-state index is 12.6. The van der Waals surface area contributed by atoms with E-state index in [0.29, 0.717) is 23.6 Å². The van der Waals surface area contributed by atoms with Crippen LogP contribution in [0.25, 0.3) is 16.6 Å². The molecule has 2 aromatic carbocycles. The van der Waals surface area contributed by atoms with Crippen LogP contribution in [0.15, 0.2) is 85.3 Å². The molecule has 0 aliphatic rings. The Balaban J connectivity index is 1.24. The molecule has 152 valence electrons. The van der Waals surface area contributed by atoms with Crippen molar-refractivity contribution in [3.63, 3.8) is 0 Å². The standard InChI is InChI=1S/C25H20N4O2/c1-17-5-4-12-29-15-21(27-24(17)29)16-31-22-10-8-18(9-11-22)25(30)28-20-13-19-6-2-3-7-23(19)26-14-20/h2-15H,16H2,1H3,(H,28,30). The number of ether oxygens (including phenoxy) is 1. The first-order valence-electron chi connectivity index (χ1n) is 9.98. The minimum absolute atomic E-state index is 0.195. The first-order chi connectivity index (χ1) is 15.2. The molecule has 0 saturated heterocycles. The first-order valence-corrected chi connectivity index (χ1v) is 9.98. The highest BCUT2D eigenvalue weighted by Crippen LogP contribution is 2.19. The van der Waals surface area contributed by atoms with E-state index in [1.807, 2.05) is 66.2 Å². The highest BCUT2D eigenvalue weighted by atomic mass is 16.5. The van der Waals surface area contributed by atoms with E-state index in [2.05, 4.69) is 15.3 Å². The fraction of sp³-hybridized carbons (Fsp3) is 0.0800. The molecule has 0 aliphatic carbocycles. The van der Waals surface area contributed by atoms with Crippen LogP contribution in [0.4, 0.5) is 5.69 Å². The molecule has 0 aliphatic heterocycles. The number of aromatic nitrogens is 3. The van der Waals surface area contributed by atoms with E-state index in [1.54, 1.807) is 30.5 Å². The van der Waals surface area contributed by atoms with Crippen LogP contribution in [0, 0.1) is 6.92 Å². The normalized spacial score (nSPS) is 11.0. The number of carbonyl (C=O) groups is 1. The number of hydrogen-bond acceptors (Lipinski definition) is 4. The van der Waals surface area contributed by atoms with Crippen molar-refractivity contribution in [2.45, 2.75) is 13.5 Å². The van der Waals surface area contributed by atoms with Crippen molar-refractivity contribution in [2.75, 3.05) is 5.32 Å². The Morgan fingerprint density at radius 1 is 1.06 bits per heavy atom. The molecule has 6 nitrogen and oxygen atoms in total. The average molecular weight is 408 g/mol. The van der Waals surface area contributed by atoms with Gasteiger partial charge in [0.1, 0.15) is 18.0 Å². The summed E-state index contributed by atoms with van der Waals surface area (Å²) >= 11 is 0. The maximum Gasteiger partial charge on any atom is 0.255 e. The lowest BCUT2D eigenvalue weighted by Crippen LogP contribution is -2.12. The van der Waals surface area contributed by atoms with Crippen molar-refractivity contribution in [1.29, 1.82) is 0 Å². The number of imidazole rings is 1. The fourth-order valence-electron chi connectivity index (χ4n) is 3.48. The largest absolute Gasteiger partial charge is 0.487 e. The number of pyridine rings is 2. The van der Waals surface area contributed by atoms with E-state index in [4.69, 9.17) is 4.74 Å². The van der Waals surface area contributed by atoms with Crippen LogP contribution >= 0.6 is 0 Å². The number of anilines is 1. The molecule has 31 heavy (non-hydrogen) atoms. The number of benzene rings is 2. The summed E-state index contributed by atoms with van der Waals surface area (Å²) in [5.74, 6) is 0.483. The van der Waals surface area contributed by atoms with Gasteiger partial charge in [-0.15, -0.1) is 0 Å². The van der Waals surface area contributed by atoms with Gasteiger partial charge in [0.05, 0.1) is 23.1 Å². The molecule has 0 fully saturated rings. The van der Waals surface area contributed by atoms with Crippen LogP contribution in [0.5, 0.6) is 5.75 Å². The lowest BCUT2D eigenvalue weighted by Gasteiger charge is -2.08. The summed E-state index contributed by atoms with van der Waals surface area (Å²) in [5.41, 5.74) is 4.99. The van der Waals surface area contributed by atoms with Gasteiger partial charge in [0.15, 0.2) is 0 Å². The molecule has 1 N–H and O–H groups in total. The van der Waals surface area contributed by atoms with Crippen molar-refractivity contribution in [3.05, 3.63) is 102 Å². The summed E-state index contributed by atoms with van der Waals surface area (Å²) in [5, 5.41) is 3.87. The lowest BCUT2D eigenvalue weighted by atomic mass is 10.2. The molecule has 3 aromatic heterocycles. The quantitative estimate of drug-likeness (QED) is 0.443. The van der Waals surface area contributed by atoms with Crippen LogP contribution in [0.3, 0.4) is 0 Å². The predicted octanol–water partition coefficient (Wildman–Crippen LogP) is 5.02. The second-order valence-electron chi connectivity index (χ2n) is 7.34. The molecular weight excluding hydrogens is 388 g/mol. The van der Waals surface area contributed by atoms with Gasteiger partial charge in [0, 0.05) is 23.3 Å². The van der Waals surface area contributed by atoms with Crippen LogP contribution < -0.4 is 10.1 Å². The summed E-state index contributed by atoms with van der Waals surface area (Å²) < 4.78 is 7.83. The fourth-order valence-corrected chi connectivity index (χ4v) is 3.48. The minimum atomic E-state index is -0.195. The summed E-state index contributed by atoms with van der Waals surface area (Å²) in [4.78, 5) is 21.6. The lowest BCUT2D eigenvalue weighted by molar-refractivity contribution is 0.102. The molecule has 5 aromatic rings. The Bertz CT molecular complexity index is 1390. The molecule has 0 atom stereocenters. The van der Waals surface area contributed by atoms with Crippen LogP contribution in [0.2, 0.25) is 0 Å². The van der Waals surface area contributed by atoms with Crippen LogP contribution in [-0.2, 0) is 6.61 Å².